The van der Waals surface area contributed by atoms with Gasteiger partial charge in [-0.1, -0.05) is 31.0 Å². The molecule has 0 atom stereocenters. The monoisotopic (exact) mass is 184 g/mol. The molecule has 0 amide bonds. The lowest BCUT2D eigenvalue weighted by Gasteiger charge is -2.04. The van der Waals surface area contributed by atoms with E-state index in [1.807, 2.05) is 18.2 Å². The molecule has 0 aromatic heterocycles. The van der Waals surface area contributed by atoms with Crippen molar-refractivity contribution in [1.82, 2.24) is 0 Å². The second-order valence-electron chi connectivity index (χ2n) is 2.72. The number of methoxy groups -OCH3 is 1. The molecule has 0 fully saturated rings. The summed E-state index contributed by atoms with van der Waals surface area (Å²) >= 11 is 5.94. The Hall–Kier alpha value is -0.690. The van der Waals surface area contributed by atoms with E-state index < -0.39 is 0 Å². The Morgan fingerprint density at radius 1 is 1.42 bits per heavy atom. The predicted molar refractivity (Wildman–Crippen MR) is 52.0 cm³/mol. The molecule has 0 aliphatic heterocycles. The topological polar surface area (TPSA) is 9.23 Å². The maximum Gasteiger partial charge on any atom is 0.137 e. The molecule has 12 heavy (non-hydrogen) atoms. The largest absolute Gasteiger partial charge is 0.495 e. The Morgan fingerprint density at radius 3 is 2.67 bits per heavy atom. The van der Waals surface area contributed by atoms with Crippen LogP contribution in [0.2, 0.25) is 5.02 Å². The molecular weight excluding hydrogens is 172 g/mol. The van der Waals surface area contributed by atoms with E-state index in [1.165, 1.54) is 5.56 Å². The van der Waals surface area contributed by atoms with Gasteiger partial charge in [0.05, 0.1) is 12.1 Å². The first kappa shape index (κ1) is 9.40. The van der Waals surface area contributed by atoms with E-state index in [-0.39, 0.29) is 0 Å². The fourth-order valence-corrected chi connectivity index (χ4v) is 1.43. The molecular formula is C10H13ClO. The third-order valence-corrected chi connectivity index (χ3v) is 2.05. The third kappa shape index (κ3) is 2.15. The van der Waals surface area contributed by atoms with Crippen molar-refractivity contribution in [3.05, 3.63) is 28.8 Å². The molecule has 1 aromatic carbocycles. The predicted octanol–water partition coefficient (Wildman–Crippen LogP) is 3.30. The summed E-state index contributed by atoms with van der Waals surface area (Å²) in [6.07, 6.45) is 2.21. The summed E-state index contributed by atoms with van der Waals surface area (Å²) in [6.45, 7) is 2.15. The van der Waals surface area contributed by atoms with Crippen molar-refractivity contribution >= 4 is 11.6 Å². The van der Waals surface area contributed by atoms with Crippen LogP contribution < -0.4 is 4.74 Å². The minimum atomic E-state index is 0.698. The second kappa shape index (κ2) is 4.36. The zero-order valence-electron chi connectivity index (χ0n) is 7.43. The summed E-state index contributed by atoms with van der Waals surface area (Å²) in [4.78, 5) is 0. The van der Waals surface area contributed by atoms with Crippen LogP contribution in [0, 0.1) is 0 Å². The number of aryl methyl sites for hydroxylation is 1. The van der Waals surface area contributed by atoms with Crippen molar-refractivity contribution in [3.63, 3.8) is 0 Å². The number of hydrogen-bond acceptors (Lipinski definition) is 1. The average molecular weight is 185 g/mol. The highest BCUT2D eigenvalue weighted by Gasteiger charge is 2.00. The van der Waals surface area contributed by atoms with E-state index in [0.29, 0.717) is 5.02 Å². The van der Waals surface area contributed by atoms with E-state index in [1.54, 1.807) is 7.11 Å². The molecule has 1 aromatic rings. The number of ether oxygens (including phenoxy) is 1. The lowest BCUT2D eigenvalue weighted by atomic mass is 10.1. The smallest absolute Gasteiger partial charge is 0.137 e. The highest BCUT2D eigenvalue weighted by atomic mass is 35.5. The van der Waals surface area contributed by atoms with Gasteiger partial charge in [-0.05, 0) is 24.1 Å². The number of rotatable bonds is 3. The molecule has 0 heterocycles. The van der Waals surface area contributed by atoms with Gasteiger partial charge >= 0.3 is 0 Å². The van der Waals surface area contributed by atoms with Gasteiger partial charge < -0.3 is 4.74 Å². The van der Waals surface area contributed by atoms with E-state index in [4.69, 9.17) is 16.3 Å². The summed E-state index contributed by atoms with van der Waals surface area (Å²) in [5.41, 5.74) is 1.27. The molecule has 0 bridgehead atoms. The summed E-state index contributed by atoms with van der Waals surface area (Å²) in [6, 6.07) is 5.92. The maximum atomic E-state index is 5.94. The van der Waals surface area contributed by atoms with Crippen LogP contribution >= 0.6 is 11.6 Å². The van der Waals surface area contributed by atoms with Crippen LogP contribution in [0.3, 0.4) is 0 Å². The van der Waals surface area contributed by atoms with Crippen molar-refractivity contribution < 1.29 is 4.74 Å². The molecule has 0 N–H and O–H groups in total. The number of hydrogen-bond donors (Lipinski definition) is 0. The molecule has 0 unspecified atom stereocenters. The van der Waals surface area contributed by atoms with E-state index in [9.17, 15) is 0 Å². The van der Waals surface area contributed by atoms with Gasteiger partial charge in [0, 0.05) is 0 Å². The fourth-order valence-electron chi connectivity index (χ4n) is 1.15. The fraction of sp³-hybridized carbons (Fsp3) is 0.400. The van der Waals surface area contributed by atoms with Crippen LogP contribution in [0.25, 0.3) is 0 Å². The van der Waals surface area contributed by atoms with Gasteiger partial charge in [0.2, 0.25) is 0 Å². The Balaban J connectivity index is 2.86. The normalized spacial score (nSPS) is 9.92. The minimum absolute atomic E-state index is 0.698. The number of halogens is 1. The molecule has 0 aliphatic rings. The zero-order chi connectivity index (χ0) is 8.97. The molecule has 0 aliphatic carbocycles. The molecule has 2 heteroatoms. The minimum Gasteiger partial charge on any atom is -0.495 e. The lowest BCUT2D eigenvalue weighted by Crippen LogP contribution is -1.87. The van der Waals surface area contributed by atoms with Crippen molar-refractivity contribution in [1.29, 1.82) is 0 Å². The van der Waals surface area contributed by atoms with Gasteiger partial charge in [-0.15, -0.1) is 0 Å². The Kier molecular flexibility index (Phi) is 3.42. The first-order chi connectivity index (χ1) is 5.77. The van der Waals surface area contributed by atoms with Gasteiger partial charge in [0.25, 0.3) is 0 Å². The Bertz CT molecular complexity index is 258. The van der Waals surface area contributed by atoms with Gasteiger partial charge in [0.1, 0.15) is 5.75 Å². The van der Waals surface area contributed by atoms with Crippen molar-refractivity contribution in [2.45, 2.75) is 19.8 Å². The van der Waals surface area contributed by atoms with Crippen LogP contribution in [0.4, 0.5) is 0 Å². The standard InChI is InChI=1S/C10H13ClO/c1-3-4-8-5-6-10(12-2)9(11)7-8/h5-7H,3-4H2,1-2H3. The van der Waals surface area contributed by atoms with Crippen LogP contribution in [0.5, 0.6) is 5.75 Å². The summed E-state index contributed by atoms with van der Waals surface area (Å²) < 4.78 is 5.05. The van der Waals surface area contributed by atoms with E-state index in [0.717, 1.165) is 18.6 Å². The highest BCUT2D eigenvalue weighted by molar-refractivity contribution is 6.32. The van der Waals surface area contributed by atoms with Crippen LogP contribution in [0.15, 0.2) is 18.2 Å². The van der Waals surface area contributed by atoms with E-state index in [2.05, 4.69) is 6.92 Å². The summed E-state index contributed by atoms with van der Waals surface area (Å²) in [5.74, 6) is 0.747. The van der Waals surface area contributed by atoms with Gasteiger partial charge in [-0.3, -0.25) is 0 Å². The molecule has 0 saturated heterocycles. The molecule has 0 saturated carbocycles. The molecule has 0 spiro atoms. The van der Waals surface area contributed by atoms with Crippen molar-refractivity contribution in [3.8, 4) is 5.75 Å². The SMILES string of the molecule is CCCc1ccc(OC)c(Cl)c1. The van der Waals surface area contributed by atoms with Crippen LogP contribution in [-0.2, 0) is 6.42 Å². The highest BCUT2D eigenvalue weighted by Crippen LogP contribution is 2.25. The summed E-state index contributed by atoms with van der Waals surface area (Å²) in [5, 5.41) is 0.698. The van der Waals surface area contributed by atoms with Gasteiger partial charge in [-0.25, -0.2) is 0 Å². The molecule has 1 nitrogen and oxygen atoms in total. The first-order valence-electron chi connectivity index (χ1n) is 4.10. The maximum absolute atomic E-state index is 5.94. The van der Waals surface area contributed by atoms with Crippen molar-refractivity contribution in [2.75, 3.05) is 7.11 Å². The van der Waals surface area contributed by atoms with Crippen LogP contribution in [0.1, 0.15) is 18.9 Å². The first-order valence-corrected chi connectivity index (χ1v) is 4.48. The quantitative estimate of drug-likeness (QED) is 0.701. The van der Waals surface area contributed by atoms with Gasteiger partial charge in [0.15, 0.2) is 0 Å². The van der Waals surface area contributed by atoms with Crippen LogP contribution in [-0.4, -0.2) is 7.11 Å². The average Bonchev–Trinajstić information content (AvgIpc) is 2.05. The third-order valence-electron chi connectivity index (χ3n) is 1.75. The zero-order valence-corrected chi connectivity index (χ0v) is 8.19. The summed E-state index contributed by atoms with van der Waals surface area (Å²) in [7, 11) is 1.63. The van der Waals surface area contributed by atoms with Crippen molar-refractivity contribution in [2.24, 2.45) is 0 Å². The Morgan fingerprint density at radius 2 is 2.17 bits per heavy atom. The molecule has 66 valence electrons. The Labute approximate surface area is 78.3 Å². The second-order valence-corrected chi connectivity index (χ2v) is 3.13. The lowest BCUT2D eigenvalue weighted by molar-refractivity contribution is 0.415. The molecule has 1 rings (SSSR count). The molecule has 0 radical (unpaired) electrons. The number of benzene rings is 1. The van der Waals surface area contributed by atoms with E-state index >= 15 is 0 Å². The van der Waals surface area contributed by atoms with Gasteiger partial charge in [-0.2, -0.15) is 0 Å².